The van der Waals surface area contributed by atoms with E-state index in [1.54, 1.807) is 0 Å². The average molecular weight is 270 g/mol. The van der Waals surface area contributed by atoms with Crippen molar-refractivity contribution in [1.29, 1.82) is 0 Å². The van der Waals surface area contributed by atoms with Gasteiger partial charge >= 0.3 is 0 Å². The molecule has 1 aliphatic rings. The number of aromatic nitrogens is 2. The van der Waals surface area contributed by atoms with E-state index >= 15 is 0 Å². The van der Waals surface area contributed by atoms with E-state index in [0.717, 1.165) is 29.2 Å². The molecule has 3 rings (SSSR count). The molecule has 0 fully saturated rings. The number of H-pyrrole nitrogens is 1. The first-order chi connectivity index (χ1) is 9.65. The van der Waals surface area contributed by atoms with Crippen LogP contribution in [0.25, 0.3) is 0 Å². The lowest BCUT2D eigenvalue weighted by atomic mass is 9.93. The monoisotopic (exact) mass is 270 g/mol. The summed E-state index contributed by atoms with van der Waals surface area (Å²) in [5.41, 5.74) is 4.83. The molecule has 5 nitrogen and oxygen atoms in total. The van der Waals surface area contributed by atoms with Gasteiger partial charge in [0.2, 0.25) is 5.91 Å². The lowest BCUT2D eigenvalue weighted by Gasteiger charge is -2.25. The average Bonchev–Trinajstić information content (AvgIpc) is 2.78. The Bertz CT molecular complexity index is 628. The Balaban J connectivity index is 1.74. The summed E-state index contributed by atoms with van der Waals surface area (Å²) in [5, 5.41) is 13.3. The van der Waals surface area contributed by atoms with Crippen molar-refractivity contribution in [3.05, 3.63) is 41.2 Å². The summed E-state index contributed by atoms with van der Waals surface area (Å²) < 4.78 is 0. The maximum Gasteiger partial charge on any atom is 0.229 e. The van der Waals surface area contributed by atoms with Crippen molar-refractivity contribution in [3.8, 4) is 0 Å². The minimum Gasteiger partial charge on any atom is -0.384 e. The van der Waals surface area contributed by atoms with Crippen LogP contribution >= 0.6 is 0 Å². The Morgan fingerprint density at radius 3 is 2.90 bits per heavy atom. The van der Waals surface area contributed by atoms with E-state index in [2.05, 4.69) is 26.9 Å². The smallest absolute Gasteiger partial charge is 0.229 e. The van der Waals surface area contributed by atoms with Crippen LogP contribution < -0.4 is 10.6 Å². The zero-order chi connectivity index (χ0) is 14.1. The van der Waals surface area contributed by atoms with Gasteiger partial charge in [0.05, 0.1) is 23.0 Å². The number of nitrogens with zero attached hydrogens (tertiary/aromatic N) is 1. The van der Waals surface area contributed by atoms with E-state index in [1.165, 1.54) is 5.56 Å². The fourth-order valence-corrected chi connectivity index (χ4v) is 2.59. The SMILES string of the molecule is Cc1n[nH]c(C)c1NC(=O)C1CNc2ccccc2C1. The lowest BCUT2D eigenvalue weighted by molar-refractivity contribution is -0.119. The van der Waals surface area contributed by atoms with Gasteiger partial charge in [0, 0.05) is 12.2 Å². The second kappa shape index (κ2) is 5.00. The van der Waals surface area contributed by atoms with Crippen LogP contribution in [0.4, 0.5) is 11.4 Å². The van der Waals surface area contributed by atoms with Crippen molar-refractivity contribution < 1.29 is 4.79 Å². The predicted octanol–water partition coefficient (Wildman–Crippen LogP) is 2.25. The molecule has 0 radical (unpaired) electrons. The summed E-state index contributed by atoms with van der Waals surface area (Å²) in [5.74, 6) is -0.0156. The summed E-state index contributed by atoms with van der Waals surface area (Å²) in [6, 6.07) is 8.12. The molecule has 0 aliphatic carbocycles. The Hall–Kier alpha value is -2.30. The summed E-state index contributed by atoms with van der Waals surface area (Å²) in [6.07, 6.45) is 0.769. The zero-order valence-corrected chi connectivity index (χ0v) is 11.7. The molecule has 1 unspecified atom stereocenters. The minimum absolute atomic E-state index is 0.0413. The van der Waals surface area contributed by atoms with Gasteiger partial charge in [0.15, 0.2) is 0 Å². The second-order valence-electron chi connectivity index (χ2n) is 5.24. The molecule has 0 spiro atoms. The maximum absolute atomic E-state index is 12.4. The molecular formula is C15H18N4O. The number of aromatic amines is 1. The van der Waals surface area contributed by atoms with Gasteiger partial charge in [-0.3, -0.25) is 9.89 Å². The normalized spacial score (nSPS) is 17.2. The quantitative estimate of drug-likeness (QED) is 0.784. The van der Waals surface area contributed by atoms with Crippen LogP contribution in [0.1, 0.15) is 17.0 Å². The number of para-hydroxylation sites is 1. The molecule has 104 valence electrons. The molecule has 1 aliphatic heterocycles. The van der Waals surface area contributed by atoms with Crippen LogP contribution in [0.2, 0.25) is 0 Å². The molecule has 5 heteroatoms. The highest BCUT2D eigenvalue weighted by Gasteiger charge is 2.25. The molecule has 0 saturated heterocycles. The Morgan fingerprint density at radius 2 is 2.15 bits per heavy atom. The fraction of sp³-hybridized carbons (Fsp3) is 0.333. The van der Waals surface area contributed by atoms with Gasteiger partial charge in [-0.05, 0) is 31.9 Å². The molecule has 0 bridgehead atoms. The van der Waals surface area contributed by atoms with Crippen LogP contribution in [0.15, 0.2) is 24.3 Å². The van der Waals surface area contributed by atoms with Gasteiger partial charge in [-0.25, -0.2) is 0 Å². The van der Waals surface area contributed by atoms with Crippen molar-refractivity contribution in [2.75, 3.05) is 17.2 Å². The molecule has 1 aromatic carbocycles. The number of carbonyl (C=O) groups is 1. The first-order valence-electron chi connectivity index (χ1n) is 6.79. The number of benzene rings is 1. The van der Waals surface area contributed by atoms with E-state index in [9.17, 15) is 4.79 Å². The van der Waals surface area contributed by atoms with Crippen LogP contribution in [0, 0.1) is 19.8 Å². The van der Waals surface area contributed by atoms with E-state index in [0.29, 0.717) is 6.54 Å². The lowest BCUT2D eigenvalue weighted by Crippen LogP contribution is -2.34. The summed E-state index contributed by atoms with van der Waals surface area (Å²) >= 11 is 0. The van der Waals surface area contributed by atoms with Crippen LogP contribution in [0.5, 0.6) is 0 Å². The molecule has 3 N–H and O–H groups in total. The highest BCUT2D eigenvalue weighted by atomic mass is 16.1. The molecule has 20 heavy (non-hydrogen) atoms. The van der Waals surface area contributed by atoms with Gasteiger partial charge in [0.1, 0.15) is 0 Å². The summed E-state index contributed by atoms with van der Waals surface area (Å²) in [7, 11) is 0. The van der Waals surface area contributed by atoms with Crippen LogP contribution in [0.3, 0.4) is 0 Å². The third kappa shape index (κ3) is 2.27. The van der Waals surface area contributed by atoms with Crippen molar-refractivity contribution in [2.24, 2.45) is 5.92 Å². The van der Waals surface area contributed by atoms with E-state index in [4.69, 9.17) is 0 Å². The fourth-order valence-electron chi connectivity index (χ4n) is 2.59. The largest absolute Gasteiger partial charge is 0.384 e. The highest BCUT2D eigenvalue weighted by molar-refractivity contribution is 5.94. The number of aryl methyl sites for hydroxylation is 2. The highest BCUT2D eigenvalue weighted by Crippen LogP contribution is 2.25. The first kappa shape index (κ1) is 12.7. The van der Waals surface area contributed by atoms with Gasteiger partial charge in [0.25, 0.3) is 0 Å². The number of anilines is 2. The molecule has 2 aromatic rings. The predicted molar refractivity (Wildman–Crippen MR) is 78.8 cm³/mol. The Morgan fingerprint density at radius 1 is 1.35 bits per heavy atom. The molecule has 0 saturated carbocycles. The Kier molecular flexibility index (Phi) is 3.18. The van der Waals surface area contributed by atoms with Crippen molar-refractivity contribution in [2.45, 2.75) is 20.3 Å². The van der Waals surface area contributed by atoms with E-state index in [1.807, 2.05) is 32.0 Å². The second-order valence-corrected chi connectivity index (χ2v) is 5.24. The first-order valence-corrected chi connectivity index (χ1v) is 6.79. The molecular weight excluding hydrogens is 252 g/mol. The maximum atomic E-state index is 12.4. The van der Waals surface area contributed by atoms with Gasteiger partial charge in [-0.15, -0.1) is 0 Å². The van der Waals surface area contributed by atoms with E-state index in [-0.39, 0.29) is 11.8 Å². The van der Waals surface area contributed by atoms with E-state index < -0.39 is 0 Å². The third-order valence-corrected chi connectivity index (χ3v) is 3.77. The van der Waals surface area contributed by atoms with Crippen LogP contribution in [-0.2, 0) is 11.2 Å². The zero-order valence-electron chi connectivity index (χ0n) is 11.7. The number of nitrogens with one attached hydrogen (secondary N) is 3. The summed E-state index contributed by atoms with van der Waals surface area (Å²) in [4.78, 5) is 12.4. The molecule has 2 heterocycles. The number of hydrogen-bond acceptors (Lipinski definition) is 3. The van der Waals surface area contributed by atoms with Crippen LogP contribution in [-0.4, -0.2) is 22.6 Å². The standard InChI is InChI=1S/C15H18N4O/c1-9-14(10(2)19-18-9)17-15(20)12-7-11-5-3-4-6-13(11)16-8-12/h3-6,12,16H,7-8H2,1-2H3,(H,17,20)(H,18,19). The number of fused-ring (bicyclic) bond motifs is 1. The molecule has 1 atom stereocenters. The van der Waals surface area contributed by atoms with Crippen molar-refractivity contribution >= 4 is 17.3 Å². The number of rotatable bonds is 2. The van der Waals surface area contributed by atoms with Crippen molar-refractivity contribution in [3.63, 3.8) is 0 Å². The molecule has 1 amide bonds. The Labute approximate surface area is 117 Å². The minimum atomic E-state index is -0.0569. The van der Waals surface area contributed by atoms with Crippen molar-refractivity contribution in [1.82, 2.24) is 10.2 Å². The molecule has 1 aromatic heterocycles. The number of carbonyl (C=O) groups excluding carboxylic acids is 1. The van der Waals surface area contributed by atoms with Gasteiger partial charge in [-0.2, -0.15) is 5.10 Å². The van der Waals surface area contributed by atoms with Gasteiger partial charge in [-0.1, -0.05) is 18.2 Å². The summed E-state index contributed by atoms with van der Waals surface area (Å²) in [6.45, 7) is 4.45. The third-order valence-electron chi connectivity index (χ3n) is 3.77. The number of amides is 1. The van der Waals surface area contributed by atoms with Gasteiger partial charge < -0.3 is 10.6 Å². The number of hydrogen-bond donors (Lipinski definition) is 3. The topological polar surface area (TPSA) is 69.8 Å².